The summed E-state index contributed by atoms with van der Waals surface area (Å²) in [7, 11) is 1.92. The fourth-order valence-electron chi connectivity index (χ4n) is 2.28. The van der Waals surface area contributed by atoms with Gasteiger partial charge in [0.15, 0.2) is 0 Å². The Kier molecular flexibility index (Phi) is 7.48. The predicted molar refractivity (Wildman–Crippen MR) is 87.2 cm³/mol. The van der Waals surface area contributed by atoms with Crippen LogP contribution in [0, 0.1) is 0 Å². The van der Waals surface area contributed by atoms with E-state index in [2.05, 4.69) is 58.8 Å². The van der Waals surface area contributed by atoms with E-state index in [9.17, 15) is 0 Å². The molecule has 0 saturated heterocycles. The second-order valence-corrected chi connectivity index (χ2v) is 6.34. The van der Waals surface area contributed by atoms with Gasteiger partial charge >= 0.3 is 0 Å². The number of nitrogens with zero attached hydrogens (tertiary/aromatic N) is 2. The Labute approximate surface area is 131 Å². The van der Waals surface area contributed by atoms with Gasteiger partial charge in [-0.25, -0.2) is 4.98 Å². The molecule has 1 aromatic rings. The molecule has 0 atom stereocenters. The zero-order valence-electron chi connectivity index (χ0n) is 13.1. The Hall–Kier alpha value is -0.650. The van der Waals surface area contributed by atoms with Crippen molar-refractivity contribution in [3.8, 4) is 5.88 Å². The summed E-state index contributed by atoms with van der Waals surface area (Å²) in [6.45, 7) is 11.2. The molecule has 114 valence electrons. The van der Waals surface area contributed by atoms with Crippen LogP contribution in [0.5, 0.6) is 5.88 Å². The fourth-order valence-corrected chi connectivity index (χ4v) is 2.65. The lowest BCUT2D eigenvalue weighted by Gasteiger charge is -2.30. The minimum atomic E-state index is 0.522. The van der Waals surface area contributed by atoms with E-state index < -0.39 is 0 Å². The molecule has 5 heteroatoms. The second kappa shape index (κ2) is 8.60. The zero-order chi connectivity index (χ0) is 15.1. The first-order chi connectivity index (χ1) is 9.45. The van der Waals surface area contributed by atoms with Gasteiger partial charge in [-0.05, 0) is 56.7 Å². The average Bonchev–Trinajstić information content (AvgIpc) is 2.36. The van der Waals surface area contributed by atoms with Crippen LogP contribution in [0.4, 0.5) is 0 Å². The highest BCUT2D eigenvalue weighted by molar-refractivity contribution is 9.10. The Balaban J connectivity index is 2.61. The monoisotopic (exact) mass is 343 g/mol. The summed E-state index contributed by atoms with van der Waals surface area (Å²) in [6, 6.07) is 3.09. The number of nitrogens with one attached hydrogen (secondary N) is 1. The summed E-state index contributed by atoms with van der Waals surface area (Å²) in [5.41, 5.74) is 1.07. The lowest BCUT2D eigenvalue weighted by Crippen LogP contribution is -2.39. The van der Waals surface area contributed by atoms with Gasteiger partial charge in [-0.15, -0.1) is 0 Å². The van der Waals surface area contributed by atoms with E-state index in [1.807, 2.05) is 13.1 Å². The zero-order valence-corrected chi connectivity index (χ0v) is 14.7. The summed E-state index contributed by atoms with van der Waals surface area (Å²) < 4.78 is 6.84. The van der Waals surface area contributed by atoms with E-state index in [0.717, 1.165) is 29.0 Å². The van der Waals surface area contributed by atoms with Gasteiger partial charge in [0.25, 0.3) is 0 Å². The minimum absolute atomic E-state index is 0.522. The predicted octanol–water partition coefficient (Wildman–Crippen LogP) is 3.06. The van der Waals surface area contributed by atoms with Gasteiger partial charge in [0, 0.05) is 41.4 Å². The molecule has 0 bridgehead atoms. The van der Waals surface area contributed by atoms with Crippen molar-refractivity contribution >= 4 is 15.9 Å². The van der Waals surface area contributed by atoms with Crippen LogP contribution in [0.15, 0.2) is 16.7 Å². The largest absolute Gasteiger partial charge is 0.476 e. The Bertz CT molecular complexity index is 402. The molecular formula is C15H26BrN3O. The van der Waals surface area contributed by atoms with Crippen LogP contribution in [0.25, 0.3) is 0 Å². The highest BCUT2D eigenvalue weighted by atomic mass is 79.9. The smallest absolute Gasteiger partial charge is 0.217 e. The number of pyridine rings is 1. The fraction of sp³-hybridized carbons (Fsp3) is 0.667. The Morgan fingerprint density at radius 2 is 1.95 bits per heavy atom. The highest BCUT2D eigenvalue weighted by Gasteiger charge is 2.13. The van der Waals surface area contributed by atoms with Gasteiger partial charge in [-0.1, -0.05) is 0 Å². The van der Waals surface area contributed by atoms with E-state index in [-0.39, 0.29) is 0 Å². The number of hydrogen-bond donors (Lipinski definition) is 1. The molecule has 0 aromatic carbocycles. The van der Waals surface area contributed by atoms with Crippen molar-refractivity contribution < 1.29 is 4.74 Å². The molecule has 0 aliphatic carbocycles. The normalized spacial score (nSPS) is 11.7. The molecule has 1 heterocycles. The molecule has 0 aliphatic heterocycles. The molecule has 4 nitrogen and oxygen atoms in total. The number of hydrogen-bond acceptors (Lipinski definition) is 4. The summed E-state index contributed by atoms with van der Waals surface area (Å²) >= 11 is 3.44. The number of ether oxygens (including phenoxy) is 1. The van der Waals surface area contributed by atoms with Gasteiger partial charge in [0.05, 0.1) is 0 Å². The van der Waals surface area contributed by atoms with E-state index in [1.54, 1.807) is 6.20 Å². The van der Waals surface area contributed by atoms with Crippen molar-refractivity contribution in [2.24, 2.45) is 0 Å². The van der Waals surface area contributed by atoms with E-state index in [1.165, 1.54) is 0 Å². The SMILES string of the molecule is CNCc1cc(Br)cnc1OCCN(C(C)C)C(C)C. The van der Waals surface area contributed by atoms with E-state index in [4.69, 9.17) is 4.74 Å². The molecule has 1 N–H and O–H groups in total. The lowest BCUT2D eigenvalue weighted by molar-refractivity contribution is 0.139. The van der Waals surface area contributed by atoms with Crippen molar-refractivity contribution in [1.82, 2.24) is 15.2 Å². The maximum atomic E-state index is 5.86. The summed E-state index contributed by atoms with van der Waals surface area (Å²) in [4.78, 5) is 6.77. The lowest BCUT2D eigenvalue weighted by atomic mass is 10.2. The topological polar surface area (TPSA) is 37.4 Å². The van der Waals surface area contributed by atoms with Crippen LogP contribution in [0.2, 0.25) is 0 Å². The maximum Gasteiger partial charge on any atom is 0.217 e. The Morgan fingerprint density at radius 1 is 1.30 bits per heavy atom. The van der Waals surface area contributed by atoms with Gasteiger partial charge in [-0.3, -0.25) is 4.90 Å². The average molecular weight is 344 g/mol. The van der Waals surface area contributed by atoms with Gasteiger partial charge in [0.2, 0.25) is 5.88 Å². The molecule has 0 unspecified atom stereocenters. The summed E-state index contributed by atoms with van der Waals surface area (Å²) in [6.07, 6.45) is 1.77. The molecule has 0 aliphatic rings. The molecule has 20 heavy (non-hydrogen) atoms. The first-order valence-corrected chi connectivity index (χ1v) is 7.92. The van der Waals surface area contributed by atoms with Crippen LogP contribution < -0.4 is 10.1 Å². The number of rotatable bonds is 8. The van der Waals surface area contributed by atoms with Crippen molar-refractivity contribution in [3.05, 3.63) is 22.3 Å². The summed E-state index contributed by atoms with van der Waals surface area (Å²) in [5.74, 6) is 0.718. The highest BCUT2D eigenvalue weighted by Crippen LogP contribution is 2.20. The van der Waals surface area contributed by atoms with Crippen LogP contribution >= 0.6 is 15.9 Å². The molecule has 1 rings (SSSR count). The van der Waals surface area contributed by atoms with Crippen LogP contribution in [-0.2, 0) is 6.54 Å². The second-order valence-electron chi connectivity index (χ2n) is 5.42. The molecule has 0 fully saturated rings. The third kappa shape index (κ3) is 5.38. The van der Waals surface area contributed by atoms with Crippen LogP contribution in [0.3, 0.4) is 0 Å². The van der Waals surface area contributed by atoms with Gasteiger partial charge in [-0.2, -0.15) is 0 Å². The number of aromatic nitrogens is 1. The first kappa shape index (κ1) is 17.4. The van der Waals surface area contributed by atoms with E-state index in [0.29, 0.717) is 18.7 Å². The third-order valence-corrected chi connectivity index (χ3v) is 3.61. The Morgan fingerprint density at radius 3 is 2.50 bits per heavy atom. The van der Waals surface area contributed by atoms with E-state index >= 15 is 0 Å². The van der Waals surface area contributed by atoms with Crippen LogP contribution in [-0.4, -0.2) is 42.2 Å². The molecule has 1 aromatic heterocycles. The van der Waals surface area contributed by atoms with Crippen molar-refractivity contribution in [2.75, 3.05) is 20.2 Å². The quantitative estimate of drug-likeness (QED) is 0.787. The van der Waals surface area contributed by atoms with Crippen molar-refractivity contribution in [1.29, 1.82) is 0 Å². The maximum absolute atomic E-state index is 5.86. The van der Waals surface area contributed by atoms with Crippen LogP contribution in [0.1, 0.15) is 33.3 Å². The molecular weight excluding hydrogens is 318 g/mol. The molecule has 0 spiro atoms. The van der Waals surface area contributed by atoms with Crippen molar-refractivity contribution in [2.45, 2.75) is 46.3 Å². The molecule has 0 radical (unpaired) electrons. The van der Waals surface area contributed by atoms with Gasteiger partial charge in [0.1, 0.15) is 6.61 Å². The standard InChI is InChI=1S/C15H26BrN3O/c1-11(2)19(12(3)4)6-7-20-15-13(9-17-5)8-14(16)10-18-15/h8,10-12,17H,6-7,9H2,1-5H3. The summed E-state index contributed by atoms with van der Waals surface area (Å²) in [5, 5.41) is 3.14. The number of halogens is 1. The molecule has 0 saturated carbocycles. The van der Waals surface area contributed by atoms with Gasteiger partial charge < -0.3 is 10.1 Å². The first-order valence-electron chi connectivity index (χ1n) is 7.13. The minimum Gasteiger partial charge on any atom is -0.476 e. The van der Waals surface area contributed by atoms with Crippen molar-refractivity contribution in [3.63, 3.8) is 0 Å². The third-order valence-electron chi connectivity index (χ3n) is 3.17. The molecule has 0 amide bonds.